The molecule has 3 nitrogen and oxygen atoms in total. The van der Waals surface area contributed by atoms with Crippen molar-refractivity contribution >= 4 is 0 Å². The lowest BCUT2D eigenvalue weighted by atomic mass is 10.6. The summed E-state index contributed by atoms with van der Waals surface area (Å²) in [6.07, 6.45) is -0.570. The van der Waals surface area contributed by atoms with Gasteiger partial charge in [-0.3, -0.25) is 5.32 Å². The maximum Gasteiger partial charge on any atom is 0.102 e. The van der Waals surface area contributed by atoms with E-state index in [9.17, 15) is 0 Å². The number of nitrogens with one attached hydrogen (secondary N) is 1. The Balaban J connectivity index is 2.86. The number of nitriles is 1. The van der Waals surface area contributed by atoms with Crippen molar-refractivity contribution in [2.75, 3.05) is 6.54 Å². The van der Waals surface area contributed by atoms with Gasteiger partial charge in [0.15, 0.2) is 0 Å². The molecule has 0 rings (SSSR count). The molecular formula is C4H8N2O. The minimum atomic E-state index is -0.570. The second-order valence-corrected chi connectivity index (χ2v) is 1.21. The minimum absolute atomic E-state index is 0.206. The first kappa shape index (κ1) is 6.41. The van der Waals surface area contributed by atoms with Crippen LogP contribution in [0.15, 0.2) is 0 Å². The van der Waals surface area contributed by atoms with Gasteiger partial charge in [0.1, 0.15) is 6.23 Å². The third kappa shape index (κ3) is 5.41. The normalized spacial score (nSPS) is 12.7. The number of aliphatic hydroxyl groups excluding tert-OH is 1. The second-order valence-electron chi connectivity index (χ2n) is 1.21. The fourth-order valence-electron chi connectivity index (χ4n) is 0.193. The Morgan fingerprint density at radius 3 is 2.71 bits per heavy atom. The van der Waals surface area contributed by atoms with Gasteiger partial charge in [-0.25, -0.2) is 0 Å². The molecule has 40 valence electrons. The molecule has 1 unspecified atom stereocenters. The highest BCUT2D eigenvalue weighted by atomic mass is 16.3. The lowest BCUT2D eigenvalue weighted by molar-refractivity contribution is 0.162. The largest absolute Gasteiger partial charge is 0.379 e. The zero-order valence-electron chi connectivity index (χ0n) is 4.18. The van der Waals surface area contributed by atoms with E-state index in [4.69, 9.17) is 10.4 Å². The number of nitrogens with zero attached hydrogens (tertiary/aromatic N) is 1. The summed E-state index contributed by atoms with van der Waals surface area (Å²) in [5, 5.41) is 18.8. The molecule has 0 bridgehead atoms. The van der Waals surface area contributed by atoms with Crippen LogP contribution in [0.2, 0.25) is 0 Å². The summed E-state index contributed by atoms with van der Waals surface area (Å²) in [5.74, 6) is 0. The molecule has 0 fully saturated rings. The zero-order chi connectivity index (χ0) is 5.70. The molecule has 2 N–H and O–H groups in total. The first-order valence-electron chi connectivity index (χ1n) is 2.05. The highest BCUT2D eigenvalue weighted by Gasteiger charge is 1.86. The topological polar surface area (TPSA) is 56.0 Å². The fraction of sp³-hybridized carbons (Fsp3) is 0.750. The van der Waals surface area contributed by atoms with Gasteiger partial charge >= 0.3 is 0 Å². The predicted molar refractivity (Wildman–Crippen MR) is 25.3 cm³/mol. The van der Waals surface area contributed by atoms with Gasteiger partial charge in [-0.2, -0.15) is 5.26 Å². The average Bonchev–Trinajstić information content (AvgIpc) is 1.61. The first-order chi connectivity index (χ1) is 3.27. The highest BCUT2D eigenvalue weighted by Crippen LogP contribution is 1.65. The molecule has 0 saturated heterocycles. The Labute approximate surface area is 42.6 Å². The molecule has 0 aliphatic rings. The molecule has 0 aliphatic heterocycles. The zero-order valence-corrected chi connectivity index (χ0v) is 4.18. The minimum Gasteiger partial charge on any atom is -0.379 e. The lowest BCUT2D eigenvalue weighted by Gasteiger charge is -1.98. The second kappa shape index (κ2) is 3.59. The molecule has 3 heteroatoms. The molecule has 0 heterocycles. The van der Waals surface area contributed by atoms with Crippen LogP contribution >= 0.6 is 0 Å². The van der Waals surface area contributed by atoms with Crippen LogP contribution in [0.4, 0.5) is 0 Å². The van der Waals surface area contributed by atoms with E-state index in [-0.39, 0.29) is 6.54 Å². The average molecular weight is 100 g/mol. The van der Waals surface area contributed by atoms with E-state index < -0.39 is 6.23 Å². The third-order valence-corrected chi connectivity index (χ3v) is 0.477. The van der Waals surface area contributed by atoms with Crippen LogP contribution < -0.4 is 5.32 Å². The fourth-order valence-corrected chi connectivity index (χ4v) is 0.193. The summed E-state index contributed by atoms with van der Waals surface area (Å²) in [6, 6.07) is 1.83. The number of aliphatic hydroxyl groups is 1. The Kier molecular flexibility index (Phi) is 3.29. The Morgan fingerprint density at radius 2 is 2.57 bits per heavy atom. The van der Waals surface area contributed by atoms with E-state index in [0.717, 1.165) is 0 Å². The van der Waals surface area contributed by atoms with Crippen molar-refractivity contribution in [3.05, 3.63) is 0 Å². The Morgan fingerprint density at radius 1 is 2.00 bits per heavy atom. The van der Waals surface area contributed by atoms with Crippen LogP contribution in [0.25, 0.3) is 0 Å². The molecule has 0 aromatic heterocycles. The number of hydrogen-bond acceptors (Lipinski definition) is 3. The van der Waals surface area contributed by atoms with Crippen LogP contribution in [0.5, 0.6) is 0 Å². The van der Waals surface area contributed by atoms with Gasteiger partial charge < -0.3 is 5.11 Å². The lowest BCUT2D eigenvalue weighted by Crippen LogP contribution is -2.25. The monoisotopic (exact) mass is 100 g/mol. The molecule has 7 heavy (non-hydrogen) atoms. The molecule has 0 amide bonds. The molecule has 0 aromatic rings. The molecule has 0 aromatic carbocycles. The number of rotatable bonds is 2. The molecular weight excluding hydrogens is 92.1 g/mol. The summed E-state index contributed by atoms with van der Waals surface area (Å²) in [4.78, 5) is 0. The van der Waals surface area contributed by atoms with Crippen molar-refractivity contribution in [1.29, 1.82) is 5.26 Å². The quantitative estimate of drug-likeness (QED) is 0.361. The van der Waals surface area contributed by atoms with Crippen LogP contribution in [0, 0.1) is 11.3 Å². The third-order valence-electron chi connectivity index (χ3n) is 0.477. The molecule has 0 radical (unpaired) electrons. The summed E-state index contributed by atoms with van der Waals surface area (Å²) < 4.78 is 0. The van der Waals surface area contributed by atoms with Crippen LogP contribution in [0.3, 0.4) is 0 Å². The van der Waals surface area contributed by atoms with Crippen molar-refractivity contribution in [2.45, 2.75) is 13.2 Å². The van der Waals surface area contributed by atoms with Gasteiger partial charge in [0.2, 0.25) is 0 Å². The summed E-state index contributed by atoms with van der Waals surface area (Å²) in [6.45, 7) is 1.77. The standard InChI is InChI=1S/C4H8N2O/c1-4(7)6-3-2-5/h4,6-7H,3H2,1H3. The van der Waals surface area contributed by atoms with Crippen molar-refractivity contribution in [3.63, 3.8) is 0 Å². The maximum atomic E-state index is 8.42. The molecule has 0 aliphatic carbocycles. The van der Waals surface area contributed by atoms with E-state index >= 15 is 0 Å². The molecule has 1 atom stereocenters. The summed E-state index contributed by atoms with van der Waals surface area (Å²) >= 11 is 0. The summed E-state index contributed by atoms with van der Waals surface area (Å²) in [5.41, 5.74) is 0. The van der Waals surface area contributed by atoms with Crippen molar-refractivity contribution in [1.82, 2.24) is 5.32 Å². The first-order valence-corrected chi connectivity index (χ1v) is 2.05. The predicted octanol–water partition coefficient (Wildman–Crippen LogP) is -0.562. The van der Waals surface area contributed by atoms with E-state index in [1.807, 2.05) is 6.07 Å². The summed E-state index contributed by atoms with van der Waals surface area (Å²) in [7, 11) is 0. The van der Waals surface area contributed by atoms with Gasteiger partial charge in [0.05, 0.1) is 12.6 Å². The Bertz CT molecular complexity index is 74.2. The van der Waals surface area contributed by atoms with Crippen LogP contribution in [0.1, 0.15) is 6.92 Å². The number of hydrogen-bond donors (Lipinski definition) is 2. The van der Waals surface area contributed by atoms with Gasteiger partial charge in [0, 0.05) is 0 Å². The van der Waals surface area contributed by atoms with Crippen molar-refractivity contribution in [3.8, 4) is 6.07 Å². The molecule has 0 saturated carbocycles. The van der Waals surface area contributed by atoms with Crippen molar-refractivity contribution < 1.29 is 5.11 Å². The van der Waals surface area contributed by atoms with Gasteiger partial charge in [-0.15, -0.1) is 0 Å². The van der Waals surface area contributed by atoms with Crippen molar-refractivity contribution in [2.24, 2.45) is 0 Å². The van der Waals surface area contributed by atoms with E-state index in [1.54, 1.807) is 6.92 Å². The van der Waals surface area contributed by atoms with Gasteiger partial charge in [-0.1, -0.05) is 0 Å². The van der Waals surface area contributed by atoms with Crippen LogP contribution in [-0.2, 0) is 0 Å². The Hall–Kier alpha value is -0.590. The highest BCUT2D eigenvalue weighted by molar-refractivity contribution is 4.72. The smallest absolute Gasteiger partial charge is 0.102 e. The molecule has 0 spiro atoms. The maximum absolute atomic E-state index is 8.42. The van der Waals surface area contributed by atoms with E-state index in [0.29, 0.717) is 0 Å². The van der Waals surface area contributed by atoms with Gasteiger partial charge in [-0.05, 0) is 6.92 Å². The van der Waals surface area contributed by atoms with Gasteiger partial charge in [0.25, 0.3) is 0 Å². The van der Waals surface area contributed by atoms with Crippen LogP contribution in [-0.4, -0.2) is 17.9 Å². The van der Waals surface area contributed by atoms with E-state index in [1.165, 1.54) is 0 Å². The SMILES string of the molecule is CC(O)NCC#N. The van der Waals surface area contributed by atoms with E-state index in [2.05, 4.69) is 5.32 Å².